The molecule has 4 rings (SSSR count). The molecule has 0 aromatic heterocycles. The maximum Gasteiger partial charge on any atom is 0.254 e. The van der Waals surface area contributed by atoms with Crippen LogP contribution in [0.15, 0.2) is 78.2 Å². The summed E-state index contributed by atoms with van der Waals surface area (Å²) in [4.78, 5) is 14.8. The van der Waals surface area contributed by atoms with Gasteiger partial charge in [0.25, 0.3) is 5.91 Å². The highest BCUT2D eigenvalue weighted by atomic mass is 32.2. The average molecular weight is 407 g/mol. The second-order valence-electron chi connectivity index (χ2n) is 6.98. The first-order valence-electron chi connectivity index (χ1n) is 9.55. The molecule has 0 bridgehead atoms. The Hall–Kier alpha value is -2.96. The van der Waals surface area contributed by atoms with Crippen LogP contribution in [0.5, 0.6) is 0 Å². The molecular weight excluding hydrogens is 384 g/mol. The Balaban J connectivity index is 1.45. The molecule has 29 heavy (non-hydrogen) atoms. The fraction of sp³-hybridized carbons (Fsp3) is 0.174. The number of nitrogens with zero attached hydrogens (tertiary/aromatic N) is 2. The molecule has 1 heterocycles. The monoisotopic (exact) mass is 406 g/mol. The summed E-state index contributed by atoms with van der Waals surface area (Å²) in [6, 6.07) is 22.8. The van der Waals surface area contributed by atoms with Crippen LogP contribution in [0.25, 0.3) is 16.8 Å². The zero-order valence-corrected chi connectivity index (χ0v) is 16.8. The van der Waals surface area contributed by atoms with Crippen molar-refractivity contribution in [3.63, 3.8) is 0 Å². The van der Waals surface area contributed by atoms with E-state index in [1.165, 1.54) is 9.71 Å². The molecule has 6 heteroatoms. The number of sulfonamides is 1. The van der Waals surface area contributed by atoms with Crippen molar-refractivity contribution < 1.29 is 13.2 Å². The van der Waals surface area contributed by atoms with Gasteiger partial charge in [-0.1, -0.05) is 66.7 Å². The van der Waals surface area contributed by atoms with Gasteiger partial charge < -0.3 is 4.90 Å². The lowest BCUT2D eigenvalue weighted by molar-refractivity contribution is 0.0700. The molecule has 3 aromatic rings. The molecular formula is C23H22N2O3S. The molecule has 0 saturated carbocycles. The van der Waals surface area contributed by atoms with Gasteiger partial charge in [-0.05, 0) is 28.5 Å². The van der Waals surface area contributed by atoms with Gasteiger partial charge in [-0.25, -0.2) is 8.42 Å². The second-order valence-corrected chi connectivity index (χ2v) is 8.79. The van der Waals surface area contributed by atoms with E-state index in [4.69, 9.17) is 0 Å². The predicted molar refractivity (Wildman–Crippen MR) is 116 cm³/mol. The molecule has 0 N–H and O–H groups in total. The summed E-state index contributed by atoms with van der Waals surface area (Å²) >= 11 is 0. The second kappa shape index (κ2) is 8.19. The van der Waals surface area contributed by atoms with Crippen molar-refractivity contribution in [2.45, 2.75) is 0 Å². The van der Waals surface area contributed by atoms with E-state index in [9.17, 15) is 13.2 Å². The molecule has 0 radical (unpaired) electrons. The summed E-state index contributed by atoms with van der Waals surface area (Å²) in [5.74, 6) is -0.0568. The summed E-state index contributed by atoms with van der Waals surface area (Å²) < 4.78 is 26.7. The third-order valence-corrected chi connectivity index (χ3v) is 6.70. The van der Waals surface area contributed by atoms with Gasteiger partial charge in [-0.15, -0.1) is 0 Å². The Morgan fingerprint density at radius 1 is 0.793 bits per heavy atom. The maximum absolute atomic E-state index is 13.0. The highest BCUT2D eigenvalue weighted by Gasteiger charge is 2.28. The van der Waals surface area contributed by atoms with Gasteiger partial charge in [0.05, 0.1) is 0 Å². The summed E-state index contributed by atoms with van der Waals surface area (Å²) in [7, 11) is -3.52. The van der Waals surface area contributed by atoms with Gasteiger partial charge in [0.2, 0.25) is 10.0 Å². The lowest BCUT2D eigenvalue weighted by Gasteiger charge is -2.33. The molecule has 0 aliphatic carbocycles. The fourth-order valence-electron chi connectivity index (χ4n) is 3.54. The molecule has 148 valence electrons. The van der Waals surface area contributed by atoms with E-state index in [1.807, 2.05) is 72.8 Å². The van der Waals surface area contributed by atoms with Crippen molar-refractivity contribution in [2.24, 2.45) is 0 Å². The standard InChI is InChI=1S/C23H22N2O3S/c26-23(22-12-6-10-20-9-4-5-11-21(20)22)24-14-16-25(17-15-24)29(27,28)18-13-19-7-2-1-3-8-19/h1-13,18H,14-17H2/b18-13+. The number of carbonyl (C=O) groups excluding carboxylic acids is 1. The minimum Gasteiger partial charge on any atom is -0.336 e. The summed E-state index contributed by atoms with van der Waals surface area (Å²) in [6.07, 6.45) is 1.60. The Bertz CT molecular complexity index is 1140. The molecule has 1 amide bonds. The molecule has 1 fully saturated rings. The van der Waals surface area contributed by atoms with Crippen LogP contribution in [0.2, 0.25) is 0 Å². The molecule has 0 spiro atoms. The zero-order valence-electron chi connectivity index (χ0n) is 15.9. The highest BCUT2D eigenvalue weighted by Crippen LogP contribution is 2.21. The Morgan fingerprint density at radius 2 is 1.45 bits per heavy atom. The lowest BCUT2D eigenvalue weighted by atomic mass is 10.0. The van der Waals surface area contributed by atoms with E-state index in [0.29, 0.717) is 18.7 Å². The molecule has 1 saturated heterocycles. The maximum atomic E-state index is 13.0. The van der Waals surface area contributed by atoms with Crippen LogP contribution < -0.4 is 0 Å². The van der Waals surface area contributed by atoms with Gasteiger partial charge in [-0.2, -0.15) is 4.31 Å². The van der Waals surface area contributed by atoms with Gasteiger partial charge >= 0.3 is 0 Å². The third kappa shape index (κ3) is 4.23. The number of fused-ring (bicyclic) bond motifs is 1. The topological polar surface area (TPSA) is 57.7 Å². The molecule has 3 aromatic carbocycles. The van der Waals surface area contributed by atoms with Crippen molar-refractivity contribution in [1.29, 1.82) is 0 Å². The van der Waals surface area contributed by atoms with Crippen molar-refractivity contribution in [3.05, 3.63) is 89.3 Å². The Labute approximate surface area is 170 Å². The first-order chi connectivity index (χ1) is 14.0. The number of piperazine rings is 1. The van der Waals surface area contributed by atoms with Crippen LogP contribution in [-0.4, -0.2) is 49.7 Å². The number of carbonyl (C=O) groups is 1. The number of rotatable bonds is 4. The zero-order chi connectivity index (χ0) is 20.3. The summed E-state index contributed by atoms with van der Waals surface area (Å²) in [6.45, 7) is 1.33. The van der Waals surface area contributed by atoms with Crippen molar-refractivity contribution in [2.75, 3.05) is 26.2 Å². The van der Waals surface area contributed by atoms with Gasteiger partial charge in [0.15, 0.2) is 0 Å². The van der Waals surface area contributed by atoms with Crippen LogP contribution in [0.3, 0.4) is 0 Å². The number of benzene rings is 3. The Morgan fingerprint density at radius 3 is 2.21 bits per heavy atom. The highest BCUT2D eigenvalue weighted by molar-refractivity contribution is 7.92. The molecule has 0 unspecified atom stereocenters. The van der Waals surface area contributed by atoms with E-state index in [0.717, 1.165) is 16.3 Å². The predicted octanol–water partition coefficient (Wildman–Crippen LogP) is 3.60. The van der Waals surface area contributed by atoms with E-state index < -0.39 is 10.0 Å². The average Bonchev–Trinajstić information content (AvgIpc) is 2.78. The van der Waals surface area contributed by atoms with Crippen LogP contribution in [0, 0.1) is 0 Å². The molecule has 1 aliphatic rings. The van der Waals surface area contributed by atoms with Crippen molar-refractivity contribution >= 4 is 32.8 Å². The fourth-order valence-corrected chi connectivity index (χ4v) is 4.72. The van der Waals surface area contributed by atoms with Crippen molar-refractivity contribution in [1.82, 2.24) is 9.21 Å². The largest absolute Gasteiger partial charge is 0.336 e. The number of hydrogen-bond acceptors (Lipinski definition) is 3. The van der Waals surface area contributed by atoms with E-state index in [-0.39, 0.29) is 19.0 Å². The Kier molecular flexibility index (Phi) is 5.47. The van der Waals surface area contributed by atoms with Gasteiger partial charge in [-0.3, -0.25) is 4.79 Å². The van der Waals surface area contributed by atoms with Gasteiger partial charge in [0, 0.05) is 37.2 Å². The van der Waals surface area contributed by atoms with E-state index in [2.05, 4.69) is 0 Å². The third-order valence-electron chi connectivity index (χ3n) is 5.14. The minimum atomic E-state index is -3.52. The summed E-state index contributed by atoms with van der Waals surface area (Å²) in [5.41, 5.74) is 1.49. The SMILES string of the molecule is O=C(c1cccc2ccccc12)N1CCN(S(=O)(=O)/C=C/c2ccccc2)CC1. The van der Waals surface area contributed by atoms with Crippen LogP contribution in [0.1, 0.15) is 15.9 Å². The van der Waals surface area contributed by atoms with E-state index >= 15 is 0 Å². The van der Waals surface area contributed by atoms with Crippen molar-refractivity contribution in [3.8, 4) is 0 Å². The summed E-state index contributed by atoms with van der Waals surface area (Å²) in [5, 5.41) is 3.18. The first kappa shape index (κ1) is 19.4. The molecule has 0 atom stereocenters. The number of hydrogen-bond donors (Lipinski definition) is 0. The normalized spacial score (nSPS) is 15.8. The molecule has 1 aliphatic heterocycles. The quantitative estimate of drug-likeness (QED) is 0.665. The minimum absolute atomic E-state index is 0.0568. The van der Waals surface area contributed by atoms with E-state index in [1.54, 1.807) is 11.0 Å². The lowest BCUT2D eigenvalue weighted by Crippen LogP contribution is -2.50. The van der Waals surface area contributed by atoms with Crippen LogP contribution >= 0.6 is 0 Å². The smallest absolute Gasteiger partial charge is 0.254 e. The molecule has 5 nitrogen and oxygen atoms in total. The van der Waals surface area contributed by atoms with Crippen LogP contribution in [0.4, 0.5) is 0 Å². The number of amides is 1. The first-order valence-corrected chi connectivity index (χ1v) is 11.1. The van der Waals surface area contributed by atoms with Gasteiger partial charge in [0.1, 0.15) is 0 Å². The van der Waals surface area contributed by atoms with Crippen LogP contribution in [-0.2, 0) is 10.0 Å².